The molecule has 0 bridgehead atoms. The van der Waals surface area contributed by atoms with Crippen molar-refractivity contribution in [2.45, 2.75) is 239 Å². The number of carbonyl (C=O) groups excluding carboxylic acids is 5. The molecule has 16 rings (SSSR count). The number of H-pyrrole nitrogens is 1. The Kier molecular flexibility index (Phi) is 41.2. The summed E-state index contributed by atoms with van der Waals surface area (Å²) >= 11 is 1.29. The number of amides is 5. The lowest BCUT2D eigenvalue weighted by Gasteiger charge is -2.33. The van der Waals surface area contributed by atoms with Crippen LogP contribution in [0.15, 0.2) is 236 Å². The normalized spacial score (nSPS) is 16.4. The lowest BCUT2D eigenvalue weighted by molar-refractivity contribution is -0.135. The monoisotopic (exact) mass is 2130 g/mol. The van der Waals surface area contributed by atoms with E-state index in [-0.39, 0.29) is 79.7 Å². The molecule has 0 aliphatic carbocycles. The summed E-state index contributed by atoms with van der Waals surface area (Å²) in [5.74, 6) is 1.87. The number of sulfonamides is 5. The van der Waals surface area contributed by atoms with Gasteiger partial charge in [0.25, 0.3) is 0 Å². The maximum atomic E-state index is 13.3. The number of hydrogen-bond acceptors (Lipinski definition) is 21. The number of nitrogens with one attached hydrogen (secondary N) is 6. The molecule has 5 unspecified atom stereocenters. The van der Waals surface area contributed by atoms with E-state index in [9.17, 15) is 81.8 Å². The second kappa shape index (κ2) is 53.5. The van der Waals surface area contributed by atoms with E-state index < -0.39 is 80.3 Å². The number of nitriles is 4. The molecule has 148 heavy (non-hydrogen) atoms. The number of aromatic amines is 1. The molecule has 6 N–H and O–H groups in total. The Bertz CT molecular complexity index is 7060. The fraction of sp³-hybridized carbons (Fsp3) is 0.453. The molecule has 5 aliphatic heterocycles. The van der Waals surface area contributed by atoms with E-state index in [1.54, 1.807) is 242 Å². The molecule has 5 fully saturated rings. The summed E-state index contributed by atoms with van der Waals surface area (Å²) in [6, 6.07) is 47.9. The lowest BCUT2D eigenvalue weighted by atomic mass is 9.98. The molecular weight excluding hydrogens is 2000 g/mol. The van der Waals surface area contributed by atoms with Crippen LogP contribution in [-0.2, 0) is 107 Å². The average molecular weight is 2140 g/mol. The Hall–Kier alpha value is -12.7. The van der Waals surface area contributed by atoms with E-state index in [0.717, 1.165) is 80.9 Å². The van der Waals surface area contributed by atoms with Gasteiger partial charge < -0.3 is 47.8 Å². The first kappa shape index (κ1) is 114. The van der Waals surface area contributed by atoms with Crippen molar-refractivity contribution in [3.05, 3.63) is 251 Å². The number of rotatable bonds is 35. The van der Waals surface area contributed by atoms with Crippen LogP contribution >= 0.6 is 11.3 Å². The Balaban J connectivity index is 0.000000164. The number of carbonyl (C=O) groups is 5. The van der Waals surface area contributed by atoms with E-state index >= 15 is 0 Å². The highest BCUT2D eigenvalue weighted by atomic mass is 32.2. The van der Waals surface area contributed by atoms with Crippen LogP contribution in [-0.4, -0.2) is 225 Å². The van der Waals surface area contributed by atoms with Crippen LogP contribution in [0.4, 0.5) is 0 Å². The van der Waals surface area contributed by atoms with E-state index in [4.69, 9.17) is 5.26 Å². The second-order valence-corrected chi connectivity index (χ2v) is 48.3. The largest absolute Gasteiger partial charge is 0.361 e. The number of aromatic nitrogens is 7. The first-order valence-electron chi connectivity index (χ1n) is 50.3. The van der Waals surface area contributed by atoms with Crippen molar-refractivity contribution >= 4 is 102 Å². The van der Waals surface area contributed by atoms with Gasteiger partial charge in [-0.3, -0.25) is 28.7 Å². The standard InChI is InChI=1S/3C22H28N4O3S.C21H27N5O3S.C19H24N4O3S2/c1-17-8-12-26(13-9-17)22(27)21(10-14-25-11-4-6-19(25)16-23)24-30(28,29)20-7-3-5-18(2)15-20;1-17-5-7-20(8-6-17)30(28,29)24-21(11-15-25-12-3-4-19(25)16-23)22(27)26-13-9-18(2)10-14-26;1-17-9-13-26(14-10-17)22(27)20(11-15-25-12-5-7-19(25)16-23)24-30(28,29)21-8-4-3-6-18(21)2;1-16-7-13-25(14-8-16)21(27)19(9-15-26-12-3-10-23-26)24-30(28,29)20-5-2-4-18-17(20)6-11-22-18;1-15-4-9-23(10-5-15)19(24)18(6-11-22-8-2-3-16(22)13-20)21-28(25,26)17-7-12-27-14-17/h3-7,11,15,17,21,24H,8-10,12-14H2,1-2H3;3-8,12,18,21,24H,9-11,13-15H2,1-2H3;3-8,12,17,20,24H,9-11,13-15H2,1-2H3;2-6,10-12,16,19,22,24H,7-9,13-15H2,1H3;2-3,7-8,12,14-15,18,21H,4-6,9-11H2,1H3. The quantitative estimate of drug-likeness (QED) is 0.0215. The number of likely N-dealkylation sites (tertiary alicyclic amines) is 5. The minimum atomic E-state index is -3.89. The molecule has 11 aromatic rings. The minimum absolute atomic E-state index is 0.136. The Morgan fingerprint density at radius 2 is 0.696 bits per heavy atom. The first-order valence-corrected chi connectivity index (χ1v) is 58.6. The molecule has 5 amide bonds. The summed E-state index contributed by atoms with van der Waals surface area (Å²) in [4.78, 5) is 78.6. The maximum Gasteiger partial charge on any atom is 0.242 e. The van der Waals surface area contributed by atoms with E-state index in [1.807, 2.05) is 26.0 Å². The summed E-state index contributed by atoms with van der Waals surface area (Å²) in [6.07, 6.45) is 22.8. The van der Waals surface area contributed by atoms with Crippen molar-refractivity contribution in [1.29, 1.82) is 21.0 Å². The number of hydrogen-bond donors (Lipinski definition) is 6. The van der Waals surface area contributed by atoms with Gasteiger partial charge in [-0.2, -0.15) is 61.1 Å². The number of fused-ring (bicyclic) bond motifs is 1. The molecule has 5 atom stereocenters. The first-order chi connectivity index (χ1) is 70.7. The van der Waals surface area contributed by atoms with Gasteiger partial charge in [0, 0.05) is 158 Å². The summed E-state index contributed by atoms with van der Waals surface area (Å²) in [6.45, 7) is 24.6. The zero-order valence-electron chi connectivity index (χ0n) is 85.0. The highest BCUT2D eigenvalue weighted by Crippen LogP contribution is 2.30. The molecule has 5 aliphatic rings. The van der Waals surface area contributed by atoms with Gasteiger partial charge in [-0.25, -0.2) is 42.1 Å². The van der Waals surface area contributed by atoms with Gasteiger partial charge in [-0.05, 0) is 272 Å². The van der Waals surface area contributed by atoms with E-state index in [1.165, 1.54) is 23.5 Å². The Labute approximate surface area is 873 Å². The zero-order chi connectivity index (χ0) is 106. The predicted molar refractivity (Wildman–Crippen MR) is 563 cm³/mol. The zero-order valence-corrected chi connectivity index (χ0v) is 89.9. The summed E-state index contributed by atoms with van der Waals surface area (Å²) in [7, 11) is -19.2. The van der Waals surface area contributed by atoms with E-state index in [2.05, 4.69) is 92.6 Å². The van der Waals surface area contributed by atoms with Crippen molar-refractivity contribution in [2.75, 3.05) is 65.4 Å². The fourth-order valence-corrected chi connectivity index (χ4v) is 26.1. The number of benzene rings is 4. The summed E-state index contributed by atoms with van der Waals surface area (Å²) in [5.41, 5.74) is 5.08. The number of nitrogens with zero attached hydrogens (tertiary/aromatic N) is 15. The van der Waals surface area contributed by atoms with Crippen molar-refractivity contribution in [3.63, 3.8) is 0 Å². The van der Waals surface area contributed by atoms with Gasteiger partial charge >= 0.3 is 0 Å². The minimum Gasteiger partial charge on any atom is -0.361 e. The smallest absolute Gasteiger partial charge is 0.242 e. The number of piperidine rings is 5. The Morgan fingerprint density at radius 3 is 1.04 bits per heavy atom. The molecule has 42 heteroatoms. The van der Waals surface area contributed by atoms with Crippen LogP contribution in [0.3, 0.4) is 0 Å². The number of aryl methyl sites for hydroxylation is 8. The van der Waals surface area contributed by atoms with Gasteiger partial charge in [-0.1, -0.05) is 88.7 Å². The third-order valence-electron chi connectivity index (χ3n) is 27.7. The molecular formula is C106H135N21O15S6. The third-order valence-corrected chi connectivity index (χ3v) is 36.2. The summed E-state index contributed by atoms with van der Waals surface area (Å²) in [5, 5.41) is 44.8. The van der Waals surface area contributed by atoms with E-state index in [0.29, 0.717) is 168 Å². The van der Waals surface area contributed by atoms with Crippen molar-refractivity contribution in [3.8, 4) is 24.3 Å². The highest BCUT2D eigenvalue weighted by Gasteiger charge is 2.39. The SMILES string of the molecule is CC1CCN(C(=O)C(CCn2cccc2C#N)NS(=O)(=O)c2ccsc2)CC1.CC1CCN(C(=O)C(CCn2cccn2)NS(=O)(=O)c2cccc3[nH]ccc23)CC1.Cc1ccc(S(=O)(=O)NC(CCn2cccc2C#N)C(=O)N2CCC(C)CC2)cc1.Cc1cccc(S(=O)(=O)NC(CCn2cccc2C#N)C(=O)N2CCC(C)CC2)c1.Cc1ccccc1S(=O)(=O)NC(CCn1cccc1C#N)C(=O)N1CCC(C)CC1. The topological polar surface area (TPSA) is 481 Å². The number of thiophene rings is 1. The molecule has 0 saturated carbocycles. The Morgan fingerprint density at radius 1 is 0.358 bits per heavy atom. The molecule has 36 nitrogen and oxygen atoms in total. The molecule has 0 spiro atoms. The van der Waals surface area contributed by atoms with Gasteiger partial charge in [0.2, 0.25) is 79.7 Å². The van der Waals surface area contributed by atoms with Gasteiger partial charge in [0.15, 0.2) is 0 Å². The van der Waals surface area contributed by atoms with Crippen LogP contribution in [0.1, 0.15) is 170 Å². The molecule has 7 aromatic heterocycles. The lowest BCUT2D eigenvalue weighted by Crippen LogP contribution is -2.51. The molecule has 5 saturated heterocycles. The third kappa shape index (κ3) is 31.9. The van der Waals surface area contributed by atoms with Crippen LogP contribution < -0.4 is 23.6 Å². The molecule has 0 radical (unpaired) electrons. The summed E-state index contributed by atoms with van der Waals surface area (Å²) < 4.78 is 152. The van der Waals surface area contributed by atoms with Crippen molar-refractivity contribution < 1.29 is 66.1 Å². The predicted octanol–water partition coefficient (Wildman–Crippen LogP) is 12.8. The van der Waals surface area contributed by atoms with Crippen molar-refractivity contribution in [1.82, 2.24) is 81.1 Å². The maximum absolute atomic E-state index is 13.3. The highest BCUT2D eigenvalue weighted by molar-refractivity contribution is 7.90. The fourth-order valence-electron chi connectivity index (χ4n) is 18.3. The van der Waals surface area contributed by atoms with Gasteiger partial charge in [0.1, 0.15) is 77.3 Å². The van der Waals surface area contributed by atoms with Crippen LogP contribution in [0.5, 0.6) is 0 Å². The second-order valence-electron chi connectivity index (χ2n) is 39.0. The molecule has 4 aromatic carbocycles. The van der Waals surface area contributed by atoms with Gasteiger partial charge in [0.05, 0.1) is 24.5 Å². The molecule has 790 valence electrons. The average Bonchev–Trinajstić information content (AvgIpc) is 1.57. The van der Waals surface area contributed by atoms with Crippen LogP contribution in [0, 0.1) is 95.7 Å². The van der Waals surface area contributed by atoms with Crippen molar-refractivity contribution in [2.24, 2.45) is 29.6 Å². The molecule has 12 heterocycles. The van der Waals surface area contributed by atoms with Crippen LogP contribution in [0.25, 0.3) is 10.9 Å². The van der Waals surface area contributed by atoms with Crippen LogP contribution in [0.2, 0.25) is 0 Å². The van der Waals surface area contributed by atoms with Gasteiger partial charge in [-0.15, -0.1) is 0 Å².